The number of aliphatic carboxylic acids is 1. The van der Waals surface area contributed by atoms with Gasteiger partial charge in [-0.1, -0.05) is 54.6 Å². The summed E-state index contributed by atoms with van der Waals surface area (Å²) in [5, 5.41) is 11.9. The molecule has 1 aliphatic rings. The molecule has 2 aromatic carbocycles. The normalized spacial score (nSPS) is 13.5. The van der Waals surface area contributed by atoms with E-state index in [1.807, 2.05) is 66.0 Å². The molecule has 142 valence electrons. The van der Waals surface area contributed by atoms with Crippen LogP contribution in [0.2, 0.25) is 0 Å². The molecule has 1 aromatic heterocycles. The van der Waals surface area contributed by atoms with Crippen LogP contribution in [0, 0.1) is 0 Å². The highest BCUT2D eigenvalue weighted by Gasteiger charge is 2.42. The van der Waals surface area contributed by atoms with E-state index in [2.05, 4.69) is 0 Å². The lowest BCUT2D eigenvalue weighted by atomic mass is 10.00. The monoisotopic (exact) mass is 393 g/mol. The number of nitrogens with zero attached hydrogens (tertiary/aromatic N) is 1. The third-order valence-corrected chi connectivity index (χ3v) is 5.96. The molecule has 1 atom stereocenters. The fourth-order valence-corrected chi connectivity index (χ4v) is 4.61. The first kappa shape index (κ1) is 18.3. The number of thiophene rings is 1. The summed E-state index contributed by atoms with van der Waals surface area (Å²) in [6, 6.07) is 17.8. The highest BCUT2D eigenvalue weighted by Crippen LogP contribution is 2.47. The highest BCUT2D eigenvalue weighted by molar-refractivity contribution is 7.09. The van der Waals surface area contributed by atoms with E-state index < -0.39 is 24.1 Å². The van der Waals surface area contributed by atoms with Crippen LogP contribution in [-0.2, 0) is 16.0 Å². The quantitative estimate of drug-likeness (QED) is 0.689. The maximum atomic E-state index is 12.8. The molecule has 3 aromatic rings. The number of carboxylic acids is 1. The van der Waals surface area contributed by atoms with Crippen LogP contribution in [0.1, 0.15) is 22.0 Å². The first-order valence-corrected chi connectivity index (χ1v) is 9.79. The Labute approximate surface area is 166 Å². The Balaban J connectivity index is 1.86. The molecule has 5 nitrogen and oxygen atoms in total. The van der Waals surface area contributed by atoms with Gasteiger partial charge in [0, 0.05) is 11.3 Å². The number of methoxy groups -OCH3 is 1. The Morgan fingerprint density at radius 3 is 2.14 bits per heavy atom. The van der Waals surface area contributed by atoms with E-state index >= 15 is 0 Å². The van der Waals surface area contributed by atoms with Crippen LogP contribution in [0.5, 0.6) is 0 Å². The topological polar surface area (TPSA) is 66.8 Å². The number of ether oxygens (including phenoxy) is 1. The van der Waals surface area contributed by atoms with Crippen molar-refractivity contribution in [1.82, 2.24) is 4.90 Å². The Morgan fingerprint density at radius 1 is 1.04 bits per heavy atom. The van der Waals surface area contributed by atoms with E-state index in [0.717, 1.165) is 27.1 Å². The van der Waals surface area contributed by atoms with Gasteiger partial charge in [0.05, 0.1) is 13.2 Å². The maximum Gasteiger partial charge on any atom is 0.411 e. The number of benzene rings is 2. The molecular formula is C22H19NO4S. The van der Waals surface area contributed by atoms with Gasteiger partial charge in [-0.15, -0.1) is 11.3 Å². The molecule has 28 heavy (non-hydrogen) atoms. The molecule has 1 amide bonds. The van der Waals surface area contributed by atoms with Crippen LogP contribution >= 0.6 is 11.3 Å². The van der Waals surface area contributed by atoms with Gasteiger partial charge in [-0.05, 0) is 33.7 Å². The minimum atomic E-state index is -1.05. The SMILES string of the molecule is COC(=O)N(C1c2ccccc2-c2ccccc21)[C@H](Cc1cccs1)C(=O)O. The van der Waals surface area contributed by atoms with Crippen molar-refractivity contribution in [3.63, 3.8) is 0 Å². The van der Waals surface area contributed by atoms with E-state index in [1.54, 1.807) is 0 Å². The standard InChI is InChI=1S/C22H19NO4S/c1-27-22(26)23(19(21(24)25)13-14-7-6-12-28-14)20-17-10-4-2-8-15(17)16-9-3-5-11-18(16)20/h2-12,19-20H,13H2,1H3,(H,24,25)/t19-/m1/s1. The van der Waals surface area contributed by atoms with Gasteiger partial charge in [0.2, 0.25) is 0 Å². The van der Waals surface area contributed by atoms with Crippen molar-refractivity contribution in [3.05, 3.63) is 82.0 Å². The van der Waals surface area contributed by atoms with Crippen LogP contribution in [0.15, 0.2) is 66.0 Å². The van der Waals surface area contributed by atoms with Crippen molar-refractivity contribution in [2.45, 2.75) is 18.5 Å². The van der Waals surface area contributed by atoms with E-state index in [9.17, 15) is 14.7 Å². The molecule has 1 N–H and O–H groups in total. The van der Waals surface area contributed by atoms with Gasteiger partial charge in [0.15, 0.2) is 0 Å². The van der Waals surface area contributed by atoms with Gasteiger partial charge in [0.1, 0.15) is 6.04 Å². The van der Waals surface area contributed by atoms with E-state index in [1.165, 1.54) is 23.3 Å². The van der Waals surface area contributed by atoms with Crippen molar-refractivity contribution in [1.29, 1.82) is 0 Å². The number of fused-ring (bicyclic) bond motifs is 3. The number of carbonyl (C=O) groups is 2. The summed E-state index contributed by atoms with van der Waals surface area (Å²) in [5.41, 5.74) is 3.84. The smallest absolute Gasteiger partial charge is 0.411 e. The molecule has 0 saturated carbocycles. The molecule has 4 rings (SSSR count). The molecular weight excluding hydrogens is 374 g/mol. The predicted octanol–water partition coefficient (Wildman–Crippen LogP) is 4.58. The number of carbonyl (C=O) groups excluding carboxylic acids is 1. The van der Waals surface area contributed by atoms with Crippen molar-refractivity contribution in [2.75, 3.05) is 7.11 Å². The zero-order valence-electron chi connectivity index (χ0n) is 15.2. The Kier molecular flexibility index (Phi) is 4.88. The Hall–Kier alpha value is -3.12. The van der Waals surface area contributed by atoms with Crippen LogP contribution in [0.25, 0.3) is 11.1 Å². The molecule has 1 aliphatic carbocycles. The predicted molar refractivity (Wildman–Crippen MR) is 107 cm³/mol. The Bertz CT molecular complexity index is 969. The van der Waals surface area contributed by atoms with E-state index in [-0.39, 0.29) is 6.42 Å². The van der Waals surface area contributed by atoms with Crippen molar-refractivity contribution < 1.29 is 19.4 Å². The molecule has 0 radical (unpaired) electrons. The van der Waals surface area contributed by atoms with E-state index in [4.69, 9.17) is 4.74 Å². The number of rotatable bonds is 5. The van der Waals surface area contributed by atoms with Crippen molar-refractivity contribution in [2.24, 2.45) is 0 Å². The second-order valence-corrected chi connectivity index (χ2v) is 7.62. The number of amides is 1. The molecule has 0 saturated heterocycles. The summed E-state index contributed by atoms with van der Waals surface area (Å²) >= 11 is 1.48. The number of carboxylic acid groups (broad SMARTS) is 1. The molecule has 6 heteroatoms. The summed E-state index contributed by atoms with van der Waals surface area (Å²) < 4.78 is 5.03. The summed E-state index contributed by atoms with van der Waals surface area (Å²) in [6.07, 6.45) is -0.427. The average Bonchev–Trinajstić information content (AvgIpc) is 3.34. The van der Waals surface area contributed by atoms with Gasteiger partial charge >= 0.3 is 12.1 Å². The molecule has 0 bridgehead atoms. The zero-order valence-corrected chi connectivity index (χ0v) is 16.1. The lowest BCUT2D eigenvalue weighted by Crippen LogP contribution is -2.48. The third-order valence-electron chi connectivity index (χ3n) is 5.06. The van der Waals surface area contributed by atoms with Crippen LogP contribution < -0.4 is 0 Å². The van der Waals surface area contributed by atoms with Crippen molar-refractivity contribution in [3.8, 4) is 11.1 Å². The minimum Gasteiger partial charge on any atom is -0.480 e. The fraction of sp³-hybridized carbons (Fsp3) is 0.182. The summed E-state index contributed by atoms with van der Waals surface area (Å²) in [6.45, 7) is 0. The van der Waals surface area contributed by atoms with Crippen LogP contribution in [0.4, 0.5) is 4.79 Å². The summed E-state index contributed by atoms with van der Waals surface area (Å²) in [7, 11) is 1.28. The lowest BCUT2D eigenvalue weighted by Gasteiger charge is -2.34. The summed E-state index contributed by atoms with van der Waals surface area (Å²) in [4.78, 5) is 27.3. The summed E-state index contributed by atoms with van der Waals surface area (Å²) in [5.74, 6) is -1.05. The first-order chi connectivity index (χ1) is 13.6. The highest BCUT2D eigenvalue weighted by atomic mass is 32.1. The average molecular weight is 393 g/mol. The maximum absolute atomic E-state index is 12.8. The second-order valence-electron chi connectivity index (χ2n) is 6.59. The molecule has 0 unspecified atom stereocenters. The third kappa shape index (κ3) is 3.05. The van der Waals surface area contributed by atoms with Crippen molar-refractivity contribution >= 4 is 23.4 Å². The molecule has 0 fully saturated rings. The van der Waals surface area contributed by atoms with Crippen LogP contribution in [-0.4, -0.2) is 35.2 Å². The van der Waals surface area contributed by atoms with Crippen LogP contribution in [0.3, 0.4) is 0 Å². The first-order valence-electron chi connectivity index (χ1n) is 8.91. The van der Waals surface area contributed by atoms with Gasteiger partial charge in [0.25, 0.3) is 0 Å². The largest absolute Gasteiger partial charge is 0.480 e. The molecule has 0 aliphatic heterocycles. The second kappa shape index (κ2) is 7.48. The van der Waals surface area contributed by atoms with E-state index in [0.29, 0.717) is 0 Å². The van der Waals surface area contributed by atoms with Gasteiger partial charge in [-0.2, -0.15) is 0 Å². The molecule has 1 heterocycles. The minimum absolute atomic E-state index is 0.225. The van der Waals surface area contributed by atoms with Gasteiger partial charge in [-0.25, -0.2) is 9.59 Å². The molecule has 0 spiro atoms. The number of hydrogen-bond donors (Lipinski definition) is 1. The Morgan fingerprint density at radius 2 is 1.64 bits per heavy atom. The number of hydrogen-bond acceptors (Lipinski definition) is 4. The lowest BCUT2D eigenvalue weighted by molar-refractivity contribution is -0.143. The zero-order chi connectivity index (χ0) is 19.7. The van der Waals surface area contributed by atoms with Gasteiger partial charge in [-0.3, -0.25) is 4.90 Å². The van der Waals surface area contributed by atoms with Gasteiger partial charge < -0.3 is 9.84 Å². The fourth-order valence-electron chi connectivity index (χ4n) is 3.87.